The fourth-order valence-corrected chi connectivity index (χ4v) is 4.47. The minimum Gasteiger partial charge on any atom is -0.326 e. The average molecular weight is 450 g/mol. The van der Waals surface area contributed by atoms with Crippen molar-refractivity contribution >= 4 is 44.8 Å². The molecule has 9 heteroatoms. The predicted molar refractivity (Wildman–Crippen MR) is 117 cm³/mol. The Kier molecular flexibility index (Phi) is 6.80. The summed E-state index contributed by atoms with van der Waals surface area (Å²) in [7, 11) is -3.56. The Balaban J connectivity index is 1.65. The normalized spacial score (nSPS) is 16.7. The number of nitrogens with zero attached hydrogens (tertiary/aromatic N) is 1. The summed E-state index contributed by atoms with van der Waals surface area (Å²) in [5, 5.41) is 3.33. The summed E-state index contributed by atoms with van der Waals surface area (Å²) < 4.78 is 26.8. The van der Waals surface area contributed by atoms with Crippen molar-refractivity contribution in [2.24, 2.45) is 5.92 Å². The van der Waals surface area contributed by atoms with Crippen LogP contribution in [0.5, 0.6) is 0 Å². The van der Waals surface area contributed by atoms with Crippen LogP contribution < -0.4 is 14.9 Å². The van der Waals surface area contributed by atoms with Crippen molar-refractivity contribution in [1.29, 1.82) is 0 Å². The van der Waals surface area contributed by atoms with E-state index in [9.17, 15) is 18.0 Å². The molecule has 1 aliphatic rings. The molecule has 2 aromatic rings. The molecule has 1 saturated heterocycles. The van der Waals surface area contributed by atoms with Crippen LogP contribution in [-0.4, -0.2) is 33.3 Å². The summed E-state index contributed by atoms with van der Waals surface area (Å²) in [5.41, 5.74) is 2.05. The van der Waals surface area contributed by atoms with Crippen molar-refractivity contribution in [3.8, 4) is 0 Å². The molecule has 1 heterocycles. The zero-order chi connectivity index (χ0) is 21.9. The quantitative estimate of drug-likeness (QED) is 0.677. The van der Waals surface area contributed by atoms with E-state index in [1.165, 1.54) is 24.3 Å². The first-order valence-corrected chi connectivity index (χ1v) is 11.5. The van der Waals surface area contributed by atoms with Crippen LogP contribution in [0, 0.1) is 12.8 Å². The number of sulfonamides is 1. The highest BCUT2D eigenvalue weighted by Gasteiger charge is 2.35. The Morgan fingerprint density at radius 2 is 1.90 bits per heavy atom. The second kappa shape index (κ2) is 9.16. The second-order valence-electron chi connectivity index (χ2n) is 7.25. The Morgan fingerprint density at radius 3 is 2.53 bits per heavy atom. The number of anilines is 2. The molecule has 0 aliphatic carbocycles. The number of aryl methyl sites for hydroxylation is 1. The van der Waals surface area contributed by atoms with E-state index in [-0.39, 0.29) is 29.7 Å². The van der Waals surface area contributed by atoms with Crippen molar-refractivity contribution < 1.29 is 18.0 Å². The van der Waals surface area contributed by atoms with Crippen LogP contribution in [0.15, 0.2) is 47.4 Å². The summed E-state index contributed by atoms with van der Waals surface area (Å²) in [6.07, 6.45) is 0.796. The lowest BCUT2D eigenvalue weighted by Crippen LogP contribution is -2.28. The van der Waals surface area contributed by atoms with Gasteiger partial charge in [-0.1, -0.05) is 24.6 Å². The number of rotatable bonds is 7. The third-order valence-corrected chi connectivity index (χ3v) is 6.82. The van der Waals surface area contributed by atoms with E-state index in [0.717, 1.165) is 5.56 Å². The van der Waals surface area contributed by atoms with Crippen LogP contribution in [-0.2, 0) is 19.6 Å². The van der Waals surface area contributed by atoms with E-state index in [2.05, 4.69) is 10.0 Å². The van der Waals surface area contributed by atoms with Crippen LogP contribution in [0.4, 0.5) is 11.4 Å². The first-order chi connectivity index (χ1) is 14.2. The zero-order valence-corrected chi connectivity index (χ0v) is 18.4. The molecule has 0 aromatic heterocycles. The van der Waals surface area contributed by atoms with Crippen molar-refractivity contribution in [2.45, 2.75) is 31.6 Å². The van der Waals surface area contributed by atoms with Crippen molar-refractivity contribution in [3.63, 3.8) is 0 Å². The Labute approximate surface area is 181 Å². The molecule has 1 fully saturated rings. The maximum atomic E-state index is 12.6. The minimum atomic E-state index is -3.56. The topological polar surface area (TPSA) is 95.6 Å². The predicted octanol–water partition coefficient (Wildman–Crippen LogP) is 3.33. The van der Waals surface area contributed by atoms with Gasteiger partial charge >= 0.3 is 0 Å². The molecule has 3 rings (SSSR count). The molecule has 30 heavy (non-hydrogen) atoms. The number of hydrogen-bond donors (Lipinski definition) is 2. The summed E-state index contributed by atoms with van der Waals surface area (Å²) in [6.45, 7) is 4.38. The average Bonchev–Trinajstić information content (AvgIpc) is 3.11. The van der Waals surface area contributed by atoms with Gasteiger partial charge in [0.05, 0.1) is 10.8 Å². The highest BCUT2D eigenvalue weighted by molar-refractivity contribution is 7.89. The molecule has 7 nitrogen and oxygen atoms in total. The number of carbonyl (C=O) groups is 2. The molecule has 160 valence electrons. The number of carbonyl (C=O) groups excluding carboxylic acids is 2. The highest BCUT2D eigenvalue weighted by Crippen LogP contribution is 2.29. The lowest BCUT2D eigenvalue weighted by atomic mass is 10.1. The summed E-state index contributed by atoms with van der Waals surface area (Å²) in [5.74, 6) is -0.936. The van der Waals surface area contributed by atoms with Crippen molar-refractivity contribution in [2.75, 3.05) is 23.3 Å². The highest BCUT2D eigenvalue weighted by atomic mass is 35.5. The number of halogens is 1. The number of nitrogens with one attached hydrogen (secondary N) is 2. The summed E-state index contributed by atoms with van der Waals surface area (Å²) >= 11 is 6.15. The van der Waals surface area contributed by atoms with Crippen LogP contribution >= 0.6 is 11.6 Å². The molecule has 0 spiro atoms. The summed E-state index contributed by atoms with van der Waals surface area (Å²) in [4.78, 5) is 26.7. The zero-order valence-electron chi connectivity index (χ0n) is 16.8. The molecule has 1 atom stereocenters. The fourth-order valence-electron chi connectivity index (χ4n) is 3.16. The summed E-state index contributed by atoms with van der Waals surface area (Å²) in [6, 6.07) is 11.3. The van der Waals surface area contributed by atoms with E-state index in [1.54, 1.807) is 11.0 Å². The number of amides is 2. The van der Waals surface area contributed by atoms with E-state index in [4.69, 9.17) is 11.6 Å². The van der Waals surface area contributed by atoms with Crippen molar-refractivity contribution in [3.05, 3.63) is 53.1 Å². The van der Waals surface area contributed by atoms with E-state index in [1.807, 2.05) is 26.0 Å². The Bertz CT molecular complexity index is 1050. The first kappa shape index (κ1) is 22.3. The Morgan fingerprint density at radius 1 is 1.20 bits per heavy atom. The van der Waals surface area contributed by atoms with Crippen LogP contribution in [0.3, 0.4) is 0 Å². The maximum Gasteiger partial charge on any atom is 0.240 e. The van der Waals surface area contributed by atoms with Gasteiger partial charge in [-0.05, 0) is 55.3 Å². The van der Waals surface area contributed by atoms with E-state index in [0.29, 0.717) is 29.4 Å². The van der Waals surface area contributed by atoms with Crippen molar-refractivity contribution in [1.82, 2.24) is 4.72 Å². The molecular formula is C21H24ClN3O4S. The minimum absolute atomic E-state index is 0.102. The fraction of sp³-hybridized carbons (Fsp3) is 0.333. The van der Waals surface area contributed by atoms with Gasteiger partial charge in [0.1, 0.15) is 0 Å². The van der Waals surface area contributed by atoms with Gasteiger partial charge in [0.15, 0.2) is 0 Å². The molecule has 2 aromatic carbocycles. The first-order valence-electron chi connectivity index (χ1n) is 9.68. The van der Waals surface area contributed by atoms with Crippen LogP contribution in [0.1, 0.15) is 25.3 Å². The standard InChI is InChI=1S/C21H24ClN3O4S/c1-3-10-23-30(28,29)18-8-5-16(6-9-18)24-21(27)15-11-20(26)25(13-15)17-7-4-14(2)19(22)12-17/h4-9,12,15,23H,3,10-11,13H2,1-2H3,(H,24,27). The van der Waals surface area contributed by atoms with Crippen LogP contribution in [0.2, 0.25) is 5.02 Å². The third-order valence-electron chi connectivity index (χ3n) is 4.94. The maximum absolute atomic E-state index is 12.6. The SMILES string of the molecule is CCCNS(=O)(=O)c1ccc(NC(=O)C2CC(=O)N(c3ccc(C)c(Cl)c3)C2)cc1. The molecular weight excluding hydrogens is 426 g/mol. The number of hydrogen-bond acceptors (Lipinski definition) is 4. The van der Waals surface area contributed by atoms with E-state index < -0.39 is 15.9 Å². The van der Waals surface area contributed by atoms with E-state index >= 15 is 0 Å². The monoisotopic (exact) mass is 449 g/mol. The number of benzene rings is 2. The molecule has 2 amide bonds. The lowest BCUT2D eigenvalue weighted by molar-refractivity contribution is -0.122. The molecule has 1 aliphatic heterocycles. The third kappa shape index (κ3) is 5.00. The second-order valence-corrected chi connectivity index (χ2v) is 9.42. The van der Waals surface area contributed by atoms with Gasteiger partial charge in [-0.3, -0.25) is 9.59 Å². The van der Waals surface area contributed by atoms with Gasteiger partial charge < -0.3 is 10.2 Å². The van der Waals surface area contributed by atoms with Gasteiger partial charge in [-0.15, -0.1) is 0 Å². The van der Waals surface area contributed by atoms with Crippen LogP contribution in [0.25, 0.3) is 0 Å². The molecule has 0 radical (unpaired) electrons. The van der Waals surface area contributed by atoms with Gasteiger partial charge in [0.25, 0.3) is 0 Å². The Hall–Kier alpha value is -2.42. The lowest BCUT2D eigenvalue weighted by Gasteiger charge is -2.17. The molecule has 1 unspecified atom stereocenters. The smallest absolute Gasteiger partial charge is 0.240 e. The largest absolute Gasteiger partial charge is 0.326 e. The molecule has 0 saturated carbocycles. The van der Waals surface area contributed by atoms with Gasteiger partial charge in [0.2, 0.25) is 21.8 Å². The molecule has 2 N–H and O–H groups in total. The molecule has 0 bridgehead atoms. The van der Waals surface area contributed by atoms with Gasteiger partial charge in [0, 0.05) is 35.9 Å². The van der Waals surface area contributed by atoms with Gasteiger partial charge in [-0.2, -0.15) is 0 Å². The van der Waals surface area contributed by atoms with Gasteiger partial charge in [-0.25, -0.2) is 13.1 Å².